The Morgan fingerprint density at radius 3 is 2.00 bits per heavy atom. The quantitative estimate of drug-likeness (QED) is 0.107. The van der Waals surface area contributed by atoms with E-state index in [4.69, 9.17) is 14.4 Å². The normalized spacial score (nSPS) is 12.0. The van der Waals surface area contributed by atoms with Crippen LogP contribution >= 0.6 is 0 Å². The Balaban J connectivity index is 0.000000253. The van der Waals surface area contributed by atoms with Gasteiger partial charge in [0.1, 0.15) is 5.58 Å². The van der Waals surface area contributed by atoms with E-state index in [1.54, 1.807) is 0 Å². The average Bonchev–Trinajstić information content (AvgIpc) is 3.84. The number of rotatable bonds is 9. The number of hydrogen-bond donors (Lipinski definition) is 0. The Labute approximate surface area is 401 Å². The van der Waals surface area contributed by atoms with Gasteiger partial charge < -0.3 is 14.0 Å². The molecule has 7 heteroatoms. The number of fused-ring (bicyclic) bond motifs is 4. The van der Waals surface area contributed by atoms with Crippen molar-refractivity contribution < 1.29 is 24.5 Å². The second-order valence-corrected chi connectivity index (χ2v) is 25.3. The fraction of sp³-hybridized carbons (Fsp3) is 0.293. The summed E-state index contributed by atoms with van der Waals surface area (Å²) in [5, 5.41) is 3.64. The summed E-state index contributed by atoms with van der Waals surface area (Å²) < 4.78 is 8.87. The Morgan fingerprint density at radius 2 is 1.37 bits per heavy atom. The van der Waals surface area contributed by atoms with Gasteiger partial charge >= 0.3 is 0 Å². The smallest absolute Gasteiger partial charge is 0.168 e. The second-order valence-electron chi connectivity index (χ2n) is 20.3. The van der Waals surface area contributed by atoms with Gasteiger partial charge in [-0.2, -0.15) is 0 Å². The number of nitrogens with zero attached hydrogens (tertiary/aromatic N) is 4. The van der Waals surface area contributed by atoms with E-state index in [9.17, 15) is 0 Å². The van der Waals surface area contributed by atoms with Crippen LogP contribution in [0.25, 0.3) is 72.6 Å². The van der Waals surface area contributed by atoms with Crippen molar-refractivity contribution in [1.29, 1.82) is 0 Å². The summed E-state index contributed by atoms with van der Waals surface area (Å²) in [4.78, 5) is 14.9. The van der Waals surface area contributed by atoms with E-state index < -0.39 is 8.07 Å². The van der Waals surface area contributed by atoms with E-state index >= 15 is 0 Å². The Morgan fingerprint density at radius 1 is 0.692 bits per heavy atom. The summed E-state index contributed by atoms with van der Waals surface area (Å²) in [6, 6.07) is 47.1. The van der Waals surface area contributed by atoms with Crippen LogP contribution in [0, 0.1) is 18.1 Å². The molecular weight excluding hydrogens is 989 g/mol. The Kier molecular flexibility index (Phi) is 14.0. The van der Waals surface area contributed by atoms with Crippen molar-refractivity contribution in [2.45, 2.75) is 106 Å². The van der Waals surface area contributed by atoms with Crippen molar-refractivity contribution in [2.24, 2.45) is 5.92 Å². The van der Waals surface area contributed by atoms with Gasteiger partial charge in [0.15, 0.2) is 5.65 Å². The van der Waals surface area contributed by atoms with Crippen LogP contribution in [0.15, 0.2) is 132 Å². The van der Waals surface area contributed by atoms with Gasteiger partial charge in [-0.3, -0.25) is 4.98 Å². The third-order valence-electron chi connectivity index (χ3n) is 12.1. The first kappa shape index (κ1) is 47.5. The molecule has 5 aromatic carbocycles. The summed E-state index contributed by atoms with van der Waals surface area (Å²) in [7, 11) is -1.34. The Hall–Kier alpha value is -5.46. The molecule has 0 aliphatic heterocycles. The molecule has 1 radical (unpaired) electrons. The van der Waals surface area contributed by atoms with Gasteiger partial charge in [-0.25, -0.2) is 4.98 Å². The number of aromatic nitrogens is 4. The first-order valence-corrected chi connectivity index (χ1v) is 26.4. The average molecular weight is 1050 g/mol. The number of pyridine rings is 2. The molecular formula is C58H62IrN4OSi-2. The van der Waals surface area contributed by atoms with Crippen LogP contribution in [-0.2, 0) is 31.9 Å². The second kappa shape index (κ2) is 19.2. The van der Waals surface area contributed by atoms with Crippen LogP contribution < -0.4 is 5.19 Å². The molecule has 0 saturated carbocycles. The molecule has 335 valence electrons. The van der Waals surface area contributed by atoms with Gasteiger partial charge in [-0.15, -0.1) is 54.1 Å². The summed E-state index contributed by atoms with van der Waals surface area (Å²) in [5.41, 5.74) is 15.1. The molecule has 0 unspecified atom stereocenters. The van der Waals surface area contributed by atoms with E-state index in [1.165, 1.54) is 44.3 Å². The maximum atomic E-state index is 6.53. The van der Waals surface area contributed by atoms with Gasteiger partial charge in [0.2, 0.25) is 0 Å². The zero-order valence-electron chi connectivity index (χ0n) is 40.1. The molecule has 4 aromatic heterocycles. The molecule has 9 rings (SSSR count). The number of imidazole rings is 1. The fourth-order valence-electron chi connectivity index (χ4n) is 8.72. The SMILES string of the molecule is CC(C)Cc1cc(-c2[c-]cccc2)ncc1[Si](C)(C)C.CC(C)c1cc(-c2ccccc2)cc(C(C)C)c1-n1c(-c2[c-]ccc3c2oc2ccccc23)nc2ncc(C(C)(C)C)cc21.[Ir]. The monoisotopic (exact) mass is 1050 g/mol. The third-order valence-corrected chi connectivity index (χ3v) is 14.2. The van der Waals surface area contributed by atoms with Gasteiger partial charge in [0, 0.05) is 43.6 Å². The topological polar surface area (TPSA) is 56.7 Å². The van der Waals surface area contributed by atoms with Crippen LogP contribution in [0.5, 0.6) is 0 Å². The molecule has 0 N–H and O–H groups in total. The minimum absolute atomic E-state index is 0. The predicted octanol–water partition coefficient (Wildman–Crippen LogP) is 15.3. The molecule has 0 saturated heterocycles. The van der Waals surface area contributed by atoms with Crippen LogP contribution in [-0.4, -0.2) is 27.6 Å². The molecule has 65 heavy (non-hydrogen) atoms. The van der Waals surface area contributed by atoms with Crippen molar-refractivity contribution in [3.05, 3.63) is 162 Å². The van der Waals surface area contributed by atoms with Crippen molar-refractivity contribution in [3.63, 3.8) is 0 Å². The van der Waals surface area contributed by atoms with Gasteiger partial charge in [0.05, 0.1) is 25.0 Å². The molecule has 5 nitrogen and oxygen atoms in total. The fourth-order valence-corrected chi connectivity index (χ4v) is 10.3. The first-order chi connectivity index (χ1) is 30.5. The molecule has 0 atom stereocenters. The maximum absolute atomic E-state index is 6.53. The van der Waals surface area contributed by atoms with Crippen molar-refractivity contribution in [2.75, 3.05) is 0 Å². The molecule has 0 spiro atoms. The predicted molar refractivity (Wildman–Crippen MR) is 273 cm³/mol. The molecule has 0 bridgehead atoms. The maximum Gasteiger partial charge on any atom is 0.168 e. The van der Waals surface area contributed by atoms with Crippen LogP contribution in [0.3, 0.4) is 0 Å². The largest absolute Gasteiger partial charge is 0.501 e. The Bertz CT molecular complexity index is 3050. The summed E-state index contributed by atoms with van der Waals surface area (Å²) in [5.74, 6) is 1.99. The zero-order valence-corrected chi connectivity index (χ0v) is 43.5. The number of benzene rings is 5. The van der Waals surface area contributed by atoms with E-state index in [0.29, 0.717) is 11.6 Å². The number of furan rings is 1. The first-order valence-electron chi connectivity index (χ1n) is 22.9. The summed E-state index contributed by atoms with van der Waals surface area (Å²) >= 11 is 0. The van der Waals surface area contributed by atoms with Crippen LogP contribution in [0.1, 0.15) is 96.4 Å². The van der Waals surface area contributed by atoms with E-state index in [1.807, 2.05) is 42.6 Å². The molecule has 0 fully saturated rings. The van der Waals surface area contributed by atoms with Crippen molar-refractivity contribution in [1.82, 2.24) is 19.5 Å². The standard InChI is InChI=1S/C40H38N3O.C18H24NSi.Ir/c1-24(2)32-20-27(26-14-9-8-10-15-26)21-33(25(3)4)36(32)43-34-22-28(40(5,6)7)23-41-38(34)42-39(43)31-18-13-17-30-29-16-11-12-19-35(29)44-37(30)31;1-14(2)11-16-12-17(15-9-7-6-8-10-15)19-13-18(16)20(3,4)5;/h8-17,19-25H,1-7H3;6-9,12-14H,11H2,1-5H3;/q2*-1;. The minimum Gasteiger partial charge on any atom is -0.501 e. The number of para-hydroxylation sites is 1. The van der Waals surface area contributed by atoms with E-state index in [2.05, 4.69) is 189 Å². The zero-order chi connectivity index (χ0) is 45.5. The molecule has 0 amide bonds. The van der Waals surface area contributed by atoms with Crippen molar-refractivity contribution >= 4 is 46.4 Å². The molecule has 9 aromatic rings. The van der Waals surface area contributed by atoms with E-state index in [0.717, 1.165) is 56.5 Å². The minimum atomic E-state index is -1.34. The third kappa shape index (κ3) is 9.89. The van der Waals surface area contributed by atoms with Crippen molar-refractivity contribution in [3.8, 4) is 39.5 Å². The van der Waals surface area contributed by atoms with Gasteiger partial charge in [0.25, 0.3) is 0 Å². The van der Waals surface area contributed by atoms with Crippen LogP contribution in [0.4, 0.5) is 0 Å². The number of hydrogen-bond acceptors (Lipinski definition) is 4. The summed E-state index contributed by atoms with van der Waals surface area (Å²) in [6.07, 6.45) is 5.21. The molecule has 0 aliphatic rings. The van der Waals surface area contributed by atoms with Gasteiger partial charge in [-0.1, -0.05) is 153 Å². The summed E-state index contributed by atoms with van der Waals surface area (Å²) in [6.45, 7) is 27.5. The van der Waals surface area contributed by atoms with Crippen LogP contribution in [0.2, 0.25) is 19.6 Å². The van der Waals surface area contributed by atoms with E-state index in [-0.39, 0.29) is 37.4 Å². The molecule has 0 aliphatic carbocycles. The molecule has 4 heterocycles. The van der Waals surface area contributed by atoms with Gasteiger partial charge in [-0.05, 0) is 92.6 Å².